The van der Waals surface area contributed by atoms with Crippen LogP contribution in [-0.2, 0) is 6.42 Å². The summed E-state index contributed by atoms with van der Waals surface area (Å²) in [4.78, 5) is 14.4. The highest BCUT2D eigenvalue weighted by Crippen LogP contribution is 2.21. The van der Waals surface area contributed by atoms with Crippen LogP contribution < -0.4 is 10.2 Å². The summed E-state index contributed by atoms with van der Waals surface area (Å²) in [6.45, 7) is 0. The molecule has 1 N–H and O–H groups in total. The van der Waals surface area contributed by atoms with Crippen LogP contribution in [0.5, 0.6) is 0 Å². The summed E-state index contributed by atoms with van der Waals surface area (Å²) in [6.07, 6.45) is 0.302. The number of hydrogen-bond acceptors (Lipinski definition) is 4. The molecule has 0 aliphatic rings. The first-order chi connectivity index (χ1) is 13.4. The molecule has 1 aromatic heterocycles. The normalized spacial score (nSPS) is 11.7. The van der Waals surface area contributed by atoms with E-state index in [-0.39, 0.29) is 11.5 Å². The molecule has 0 aliphatic heterocycles. The van der Waals surface area contributed by atoms with Gasteiger partial charge >= 0.3 is 0 Å². The number of amides is 1. The van der Waals surface area contributed by atoms with Crippen molar-refractivity contribution in [3.05, 3.63) is 89.1 Å². The smallest absolute Gasteiger partial charge is 0.272 e. The second-order valence-electron chi connectivity index (χ2n) is 6.59. The number of carbonyl (C=O) groups excluding carboxylic acids is 1. The van der Waals surface area contributed by atoms with Gasteiger partial charge in [-0.2, -0.15) is 0 Å². The van der Waals surface area contributed by atoms with E-state index in [2.05, 4.69) is 15.5 Å². The summed E-state index contributed by atoms with van der Waals surface area (Å²) in [5.74, 6) is -0.598. The number of hydrogen-bond donors (Lipinski definition) is 1. The highest BCUT2D eigenvalue weighted by molar-refractivity contribution is 5.92. The van der Waals surface area contributed by atoms with Crippen molar-refractivity contribution in [2.45, 2.75) is 12.5 Å². The van der Waals surface area contributed by atoms with Crippen LogP contribution in [0.2, 0.25) is 0 Å². The zero-order valence-corrected chi connectivity index (χ0v) is 15.6. The van der Waals surface area contributed by atoms with Crippen LogP contribution in [0.25, 0.3) is 0 Å². The average Bonchev–Trinajstić information content (AvgIpc) is 2.67. The molecule has 7 heteroatoms. The number of halogens is 2. The Bertz CT molecular complexity index is 961. The minimum Gasteiger partial charge on any atom is -0.361 e. The maximum absolute atomic E-state index is 13.7. The van der Waals surface area contributed by atoms with Gasteiger partial charge < -0.3 is 10.2 Å². The van der Waals surface area contributed by atoms with Crippen molar-refractivity contribution in [2.75, 3.05) is 19.0 Å². The van der Waals surface area contributed by atoms with Gasteiger partial charge in [-0.15, -0.1) is 10.2 Å². The molecule has 0 bridgehead atoms. The lowest BCUT2D eigenvalue weighted by Gasteiger charge is -2.19. The van der Waals surface area contributed by atoms with Crippen LogP contribution >= 0.6 is 0 Å². The van der Waals surface area contributed by atoms with Gasteiger partial charge in [0.05, 0.1) is 6.04 Å². The molecule has 0 aliphatic carbocycles. The van der Waals surface area contributed by atoms with Crippen molar-refractivity contribution in [1.82, 2.24) is 15.5 Å². The molecule has 0 saturated heterocycles. The van der Waals surface area contributed by atoms with E-state index in [4.69, 9.17) is 0 Å². The molecule has 0 radical (unpaired) electrons. The van der Waals surface area contributed by atoms with Crippen molar-refractivity contribution >= 4 is 11.7 Å². The van der Waals surface area contributed by atoms with E-state index in [9.17, 15) is 13.6 Å². The standard InChI is InChI=1S/C21H20F2N4O/c1-27(2)20-10-9-18(25-26-20)21(28)24-19(15-6-4-8-17(23)13-15)12-14-5-3-7-16(22)11-14/h3-11,13,19H,12H2,1-2H3,(H,24,28). The first-order valence-electron chi connectivity index (χ1n) is 8.74. The Morgan fingerprint density at radius 2 is 1.71 bits per heavy atom. The highest BCUT2D eigenvalue weighted by Gasteiger charge is 2.18. The van der Waals surface area contributed by atoms with E-state index in [1.165, 1.54) is 24.3 Å². The molecule has 0 spiro atoms. The number of nitrogens with zero attached hydrogens (tertiary/aromatic N) is 3. The molecule has 144 valence electrons. The molecular formula is C21H20F2N4O. The van der Waals surface area contributed by atoms with Crippen LogP contribution in [-0.4, -0.2) is 30.2 Å². The maximum atomic E-state index is 13.7. The molecule has 28 heavy (non-hydrogen) atoms. The average molecular weight is 382 g/mol. The molecule has 1 atom stereocenters. The molecule has 1 unspecified atom stereocenters. The Morgan fingerprint density at radius 3 is 2.32 bits per heavy atom. The van der Waals surface area contributed by atoms with Gasteiger partial charge in [0.15, 0.2) is 11.5 Å². The van der Waals surface area contributed by atoms with Crippen LogP contribution in [0, 0.1) is 11.6 Å². The van der Waals surface area contributed by atoms with E-state index < -0.39 is 17.8 Å². The van der Waals surface area contributed by atoms with Crippen molar-refractivity contribution in [2.24, 2.45) is 0 Å². The zero-order chi connectivity index (χ0) is 20.1. The molecular weight excluding hydrogens is 362 g/mol. The Balaban J connectivity index is 1.84. The number of aromatic nitrogens is 2. The lowest BCUT2D eigenvalue weighted by molar-refractivity contribution is 0.0930. The molecule has 1 heterocycles. The van der Waals surface area contributed by atoms with Gasteiger partial charge in [0.25, 0.3) is 5.91 Å². The van der Waals surface area contributed by atoms with E-state index in [1.807, 2.05) is 14.1 Å². The van der Waals surface area contributed by atoms with Crippen LogP contribution in [0.1, 0.15) is 27.7 Å². The van der Waals surface area contributed by atoms with Gasteiger partial charge in [-0.1, -0.05) is 24.3 Å². The van der Waals surface area contributed by atoms with Gasteiger partial charge in [0.1, 0.15) is 11.6 Å². The number of nitrogens with one attached hydrogen (secondary N) is 1. The molecule has 0 saturated carbocycles. The highest BCUT2D eigenvalue weighted by atomic mass is 19.1. The largest absolute Gasteiger partial charge is 0.361 e. The van der Waals surface area contributed by atoms with Crippen LogP contribution in [0.4, 0.5) is 14.6 Å². The fourth-order valence-corrected chi connectivity index (χ4v) is 2.79. The molecule has 3 rings (SSSR count). The Hall–Kier alpha value is -3.35. The third kappa shape index (κ3) is 4.88. The maximum Gasteiger partial charge on any atom is 0.272 e. The fourth-order valence-electron chi connectivity index (χ4n) is 2.79. The number of carbonyl (C=O) groups is 1. The second kappa shape index (κ2) is 8.56. The predicted molar refractivity (Wildman–Crippen MR) is 103 cm³/mol. The van der Waals surface area contributed by atoms with Gasteiger partial charge in [0.2, 0.25) is 0 Å². The van der Waals surface area contributed by atoms with E-state index >= 15 is 0 Å². The SMILES string of the molecule is CN(C)c1ccc(C(=O)NC(Cc2cccc(F)c2)c2cccc(F)c2)nn1. The third-order valence-corrected chi connectivity index (χ3v) is 4.23. The second-order valence-corrected chi connectivity index (χ2v) is 6.59. The Kier molecular flexibility index (Phi) is 5.93. The topological polar surface area (TPSA) is 58.1 Å². The monoisotopic (exact) mass is 382 g/mol. The van der Waals surface area contributed by atoms with Crippen molar-refractivity contribution in [1.29, 1.82) is 0 Å². The van der Waals surface area contributed by atoms with Gasteiger partial charge in [-0.05, 0) is 53.9 Å². The summed E-state index contributed by atoms with van der Waals surface area (Å²) >= 11 is 0. The van der Waals surface area contributed by atoms with Gasteiger partial charge in [-0.25, -0.2) is 8.78 Å². The van der Waals surface area contributed by atoms with Crippen molar-refractivity contribution in [3.8, 4) is 0 Å². The van der Waals surface area contributed by atoms with Gasteiger partial charge in [-0.3, -0.25) is 4.79 Å². The summed E-state index contributed by atoms with van der Waals surface area (Å²) < 4.78 is 27.3. The van der Waals surface area contributed by atoms with E-state index in [0.29, 0.717) is 23.4 Å². The minimum atomic E-state index is -0.555. The lowest BCUT2D eigenvalue weighted by Crippen LogP contribution is -2.31. The Labute approximate surface area is 162 Å². The molecule has 1 amide bonds. The first-order valence-corrected chi connectivity index (χ1v) is 8.74. The number of benzene rings is 2. The van der Waals surface area contributed by atoms with Gasteiger partial charge in [0, 0.05) is 14.1 Å². The molecule has 3 aromatic rings. The molecule has 0 fully saturated rings. The molecule has 5 nitrogen and oxygen atoms in total. The summed E-state index contributed by atoms with van der Waals surface area (Å²) in [5, 5.41) is 10.8. The van der Waals surface area contributed by atoms with Crippen molar-refractivity contribution in [3.63, 3.8) is 0 Å². The zero-order valence-electron chi connectivity index (χ0n) is 15.6. The summed E-state index contributed by atoms with van der Waals surface area (Å²) in [7, 11) is 3.64. The summed E-state index contributed by atoms with van der Waals surface area (Å²) in [5.41, 5.74) is 1.41. The Morgan fingerprint density at radius 1 is 1.00 bits per heavy atom. The van der Waals surface area contributed by atoms with E-state index in [1.54, 1.807) is 41.3 Å². The quantitative estimate of drug-likeness (QED) is 0.709. The lowest BCUT2D eigenvalue weighted by atomic mass is 9.98. The fraction of sp³-hybridized carbons (Fsp3) is 0.190. The summed E-state index contributed by atoms with van der Waals surface area (Å²) in [6, 6.07) is 14.8. The number of rotatable bonds is 6. The van der Waals surface area contributed by atoms with Crippen molar-refractivity contribution < 1.29 is 13.6 Å². The third-order valence-electron chi connectivity index (χ3n) is 4.23. The molecule has 2 aromatic carbocycles. The minimum absolute atomic E-state index is 0.145. The number of anilines is 1. The first kappa shape index (κ1) is 19.4. The van der Waals surface area contributed by atoms with Crippen LogP contribution in [0.3, 0.4) is 0 Å². The van der Waals surface area contributed by atoms with Crippen LogP contribution in [0.15, 0.2) is 60.7 Å². The van der Waals surface area contributed by atoms with E-state index in [0.717, 1.165) is 0 Å². The predicted octanol–water partition coefficient (Wildman–Crippen LogP) is 3.53.